The van der Waals surface area contributed by atoms with Gasteiger partial charge in [-0.05, 0) is 32.7 Å². The van der Waals surface area contributed by atoms with E-state index in [9.17, 15) is 0 Å². The van der Waals surface area contributed by atoms with Crippen molar-refractivity contribution in [3.63, 3.8) is 0 Å². The molecule has 1 aliphatic heterocycles. The molecule has 1 aromatic rings. The molecule has 108 valence electrons. The van der Waals surface area contributed by atoms with E-state index in [4.69, 9.17) is 16.3 Å². The van der Waals surface area contributed by atoms with E-state index < -0.39 is 0 Å². The summed E-state index contributed by atoms with van der Waals surface area (Å²) in [6.45, 7) is 8.18. The Hall–Kier alpha value is -0.580. The highest BCUT2D eigenvalue weighted by molar-refractivity contribution is 6.31. The predicted octanol–water partition coefficient (Wildman–Crippen LogP) is 3.16. The van der Waals surface area contributed by atoms with E-state index in [2.05, 4.69) is 31.2 Å². The van der Waals surface area contributed by atoms with Crippen LogP contribution >= 0.6 is 11.6 Å². The number of likely N-dealkylation sites (N-methyl/N-ethyl adjacent to an activating group) is 1. The number of aryl methyl sites for hydroxylation is 1. The van der Waals surface area contributed by atoms with Crippen LogP contribution in [0.4, 0.5) is 0 Å². The zero-order valence-corrected chi connectivity index (χ0v) is 12.8. The van der Waals surface area contributed by atoms with Crippen molar-refractivity contribution in [1.29, 1.82) is 0 Å². The zero-order chi connectivity index (χ0) is 13.8. The second-order valence-corrected chi connectivity index (χ2v) is 5.61. The van der Waals surface area contributed by atoms with E-state index in [0.717, 1.165) is 43.1 Å². The smallest absolute Gasteiger partial charge is 0.0835 e. The lowest BCUT2D eigenvalue weighted by Gasteiger charge is -2.25. The van der Waals surface area contributed by atoms with Crippen LogP contribution in [-0.4, -0.2) is 28.5 Å². The molecule has 4 nitrogen and oxygen atoms in total. The summed E-state index contributed by atoms with van der Waals surface area (Å²) in [6, 6.07) is 0.136. The van der Waals surface area contributed by atoms with Gasteiger partial charge >= 0.3 is 0 Å². The standard InChI is InChI=1S/C14H24ClN3O/c1-4-8-18-14(11(15)9-17-18)13(16-5-2)12-7-6-10(3)19-12/h9-10,12-13,16H,4-8H2,1-3H3. The van der Waals surface area contributed by atoms with Gasteiger partial charge < -0.3 is 10.1 Å². The molecule has 2 heterocycles. The lowest BCUT2D eigenvalue weighted by atomic mass is 10.0. The van der Waals surface area contributed by atoms with Crippen molar-refractivity contribution in [1.82, 2.24) is 15.1 Å². The molecule has 1 N–H and O–H groups in total. The van der Waals surface area contributed by atoms with E-state index in [1.807, 2.05) is 4.68 Å². The Morgan fingerprint density at radius 2 is 2.32 bits per heavy atom. The van der Waals surface area contributed by atoms with Gasteiger partial charge in [-0.25, -0.2) is 0 Å². The lowest BCUT2D eigenvalue weighted by molar-refractivity contribution is 0.0300. The number of hydrogen-bond donors (Lipinski definition) is 1. The van der Waals surface area contributed by atoms with E-state index in [1.165, 1.54) is 0 Å². The lowest BCUT2D eigenvalue weighted by Crippen LogP contribution is -2.34. The normalized spacial score (nSPS) is 24.8. The number of rotatable bonds is 6. The minimum Gasteiger partial charge on any atom is -0.373 e. The Morgan fingerprint density at radius 3 is 2.89 bits per heavy atom. The fraction of sp³-hybridized carbons (Fsp3) is 0.786. The molecule has 3 unspecified atom stereocenters. The quantitative estimate of drug-likeness (QED) is 0.873. The summed E-state index contributed by atoms with van der Waals surface area (Å²) in [7, 11) is 0. The van der Waals surface area contributed by atoms with Crippen LogP contribution in [0.1, 0.15) is 51.8 Å². The SMILES string of the molecule is CCCn1ncc(Cl)c1C(NCC)C1CCC(C)O1. The Labute approximate surface area is 120 Å². The van der Waals surface area contributed by atoms with Crippen LogP contribution < -0.4 is 5.32 Å². The van der Waals surface area contributed by atoms with Gasteiger partial charge in [-0.2, -0.15) is 5.10 Å². The van der Waals surface area contributed by atoms with E-state index in [-0.39, 0.29) is 12.1 Å². The third-order valence-electron chi connectivity index (χ3n) is 3.62. The molecule has 1 aliphatic rings. The maximum atomic E-state index is 6.35. The van der Waals surface area contributed by atoms with Gasteiger partial charge in [0.25, 0.3) is 0 Å². The Morgan fingerprint density at radius 1 is 1.53 bits per heavy atom. The second kappa shape index (κ2) is 6.73. The summed E-state index contributed by atoms with van der Waals surface area (Å²) in [5.41, 5.74) is 1.07. The van der Waals surface area contributed by atoms with Crippen LogP contribution in [0.3, 0.4) is 0 Å². The minimum atomic E-state index is 0.136. The first kappa shape index (κ1) is 14.8. The molecule has 1 fully saturated rings. The van der Waals surface area contributed by atoms with Gasteiger partial charge in [0.1, 0.15) is 0 Å². The zero-order valence-electron chi connectivity index (χ0n) is 12.0. The monoisotopic (exact) mass is 285 g/mol. The van der Waals surface area contributed by atoms with Crippen molar-refractivity contribution < 1.29 is 4.74 Å². The first-order valence-electron chi connectivity index (χ1n) is 7.27. The van der Waals surface area contributed by atoms with Crippen molar-refractivity contribution >= 4 is 11.6 Å². The second-order valence-electron chi connectivity index (χ2n) is 5.20. The van der Waals surface area contributed by atoms with Crippen molar-refractivity contribution in [3.05, 3.63) is 16.9 Å². The number of ether oxygens (including phenoxy) is 1. The molecular formula is C14H24ClN3O. The summed E-state index contributed by atoms with van der Waals surface area (Å²) < 4.78 is 8.04. The minimum absolute atomic E-state index is 0.136. The summed E-state index contributed by atoms with van der Waals surface area (Å²) in [6.07, 6.45) is 5.52. The highest BCUT2D eigenvalue weighted by Crippen LogP contribution is 2.33. The molecule has 0 bridgehead atoms. The molecule has 1 saturated heterocycles. The summed E-state index contributed by atoms with van der Waals surface area (Å²) in [4.78, 5) is 0. The Kier molecular flexibility index (Phi) is 5.25. The van der Waals surface area contributed by atoms with Gasteiger partial charge in [-0.1, -0.05) is 25.4 Å². The van der Waals surface area contributed by atoms with E-state index >= 15 is 0 Å². The van der Waals surface area contributed by atoms with Crippen molar-refractivity contribution in [2.45, 2.75) is 64.8 Å². The van der Waals surface area contributed by atoms with E-state index in [1.54, 1.807) is 6.20 Å². The molecule has 0 amide bonds. The summed E-state index contributed by atoms with van der Waals surface area (Å²) >= 11 is 6.35. The van der Waals surface area contributed by atoms with Gasteiger partial charge in [0.05, 0.1) is 35.2 Å². The van der Waals surface area contributed by atoms with Gasteiger partial charge in [0.2, 0.25) is 0 Å². The molecule has 5 heteroatoms. The predicted molar refractivity (Wildman–Crippen MR) is 77.5 cm³/mol. The van der Waals surface area contributed by atoms with Crippen molar-refractivity contribution in [2.75, 3.05) is 6.54 Å². The molecule has 0 aromatic carbocycles. The summed E-state index contributed by atoms with van der Waals surface area (Å²) in [5.74, 6) is 0. The van der Waals surface area contributed by atoms with Gasteiger partial charge in [0, 0.05) is 6.54 Å². The fourth-order valence-corrected chi connectivity index (χ4v) is 3.03. The number of halogens is 1. The molecule has 0 aliphatic carbocycles. The van der Waals surface area contributed by atoms with Crippen LogP contribution in [0.15, 0.2) is 6.20 Å². The number of nitrogens with one attached hydrogen (secondary N) is 1. The number of nitrogens with zero attached hydrogens (tertiary/aromatic N) is 2. The van der Waals surface area contributed by atoms with Gasteiger partial charge in [-0.3, -0.25) is 4.68 Å². The number of aromatic nitrogens is 2. The first-order valence-corrected chi connectivity index (χ1v) is 7.65. The Bertz CT molecular complexity index is 407. The Balaban J connectivity index is 2.25. The van der Waals surface area contributed by atoms with Crippen molar-refractivity contribution in [3.8, 4) is 0 Å². The molecule has 3 atom stereocenters. The fourth-order valence-electron chi connectivity index (χ4n) is 2.77. The molecule has 1 aromatic heterocycles. The van der Waals surface area contributed by atoms with Gasteiger partial charge in [-0.15, -0.1) is 0 Å². The maximum Gasteiger partial charge on any atom is 0.0835 e. The molecule has 19 heavy (non-hydrogen) atoms. The van der Waals surface area contributed by atoms with Crippen LogP contribution in [0.2, 0.25) is 5.02 Å². The average molecular weight is 286 g/mol. The van der Waals surface area contributed by atoms with Crippen LogP contribution in [0.25, 0.3) is 0 Å². The molecule has 0 saturated carbocycles. The topological polar surface area (TPSA) is 39.1 Å². The first-order chi connectivity index (χ1) is 9.17. The third-order valence-corrected chi connectivity index (χ3v) is 3.92. The van der Waals surface area contributed by atoms with Crippen LogP contribution in [-0.2, 0) is 11.3 Å². The van der Waals surface area contributed by atoms with Crippen LogP contribution in [0.5, 0.6) is 0 Å². The summed E-state index contributed by atoms with van der Waals surface area (Å²) in [5, 5.41) is 8.64. The third kappa shape index (κ3) is 3.30. The van der Waals surface area contributed by atoms with Crippen LogP contribution in [0, 0.1) is 0 Å². The maximum absolute atomic E-state index is 6.35. The molecule has 0 spiro atoms. The van der Waals surface area contributed by atoms with Gasteiger partial charge in [0.15, 0.2) is 0 Å². The number of hydrogen-bond acceptors (Lipinski definition) is 3. The molecule has 0 radical (unpaired) electrons. The highest BCUT2D eigenvalue weighted by atomic mass is 35.5. The highest BCUT2D eigenvalue weighted by Gasteiger charge is 2.33. The average Bonchev–Trinajstić information content (AvgIpc) is 2.95. The van der Waals surface area contributed by atoms with Crippen molar-refractivity contribution in [2.24, 2.45) is 0 Å². The largest absolute Gasteiger partial charge is 0.373 e. The molecule has 2 rings (SSSR count). The van der Waals surface area contributed by atoms with E-state index in [0.29, 0.717) is 6.10 Å². The molecular weight excluding hydrogens is 262 g/mol.